The van der Waals surface area contributed by atoms with Crippen molar-refractivity contribution in [3.8, 4) is 0 Å². The molecule has 0 radical (unpaired) electrons. The van der Waals surface area contributed by atoms with Gasteiger partial charge in [0.2, 0.25) is 11.8 Å². The highest BCUT2D eigenvalue weighted by Gasteiger charge is 2.42. The normalized spacial score (nSPS) is 18.1. The van der Waals surface area contributed by atoms with Gasteiger partial charge in [-0.1, -0.05) is 74.0 Å². The molecule has 32 heavy (non-hydrogen) atoms. The van der Waals surface area contributed by atoms with E-state index in [2.05, 4.69) is 16.0 Å². The summed E-state index contributed by atoms with van der Waals surface area (Å²) in [6.45, 7) is 2.62. The smallest absolute Gasteiger partial charge is 0.408 e. The van der Waals surface area contributed by atoms with Crippen molar-refractivity contribution in [1.82, 2.24) is 16.0 Å². The average molecular weight is 440 g/mol. The molecule has 0 saturated carbocycles. The first-order chi connectivity index (χ1) is 15.6. The third-order valence-corrected chi connectivity index (χ3v) is 5.07. The molecule has 1 aliphatic rings. The number of carbonyl (C=O) groups is 3. The van der Waals surface area contributed by atoms with Crippen molar-refractivity contribution >= 4 is 17.9 Å². The maximum atomic E-state index is 13.0. The van der Waals surface area contributed by atoms with Crippen LogP contribution in [0.4, 0.5) is 4.79 Å². The SMILES string of the molecule is CCCCO[C@@H]1NC(=O)[C@H]1NC(=O)[C@H](Cc1ccccc1)NC(=O)OCc1ccccc1. The van der Waals surface area contributed by atoms with Gasteiger partial charge in [0.15, 0.2) is 12.3 Å². The van der Waals surface area contributed by atoms with E-state index in [9.17, 15) is 14.4 Å². The van der Waals surface area contributed by atoms with Crippen molar-refractivity contribution in [3.05, 3.63) is 71.8 Å². The number of ether oxygens (including phenoxy) is 2. The summed E-state index contributed by atoms with van der Waals surface area (Å²) in [5.74, 6) is -0.792. The largest absolute Gasteiger partial charge is 0.445 e. The maximum absolute atomic E-state index is 13.0. The fourth-order valence-electron chi connectivity index (χ4n) is 3.21. The zero-order valence-corrected chi connectivity index (χ0v) is 18.1. The van der Waals surface area contributed by atoms with Gasteiger partial charge in [0, 0.05) is 13.0 Å². The van der Waals surface area contributed by atoms with Gasteiger partial charge in [-0.2, -0.15) is 0 Å². The molecule has 170 valence electrons. The van der Waals surface area contributed by atoms with Gasteiger partial charge in [-0.3, -0.25) is 9.59 Å². The molecule has 1 heterocycles. The summed E-state index contributed by atoms with van der Waals surface area (Å²) in [6.07, 6.45) is 0.798. The highest BCUT2D eigenvalue weighted by molar-refractivity contribution is 5.95. The Balaban J connectivity index is 1.60. The van der Waals surface area contributed by atoms with Gasteiger partial charge in [-0.25, -0.2) is 4.79 Å². The number of alkyl carbamates (subject to hydrolysis) is 1. The van der Waals surface area contributed by atoms with Crippen molar-refractivity contribution in [2.75, 3.05) is 6.61 Å². The summed E-state index contributed by atoms with van der Waals surface area (Å²) in [5.41, 5.74) is 1.70. The predicted molar refractivity (Wildman–Crippen MR) is 118 cm³/mol. The number of nitrogens with one attached hydrogen (secondary N) is 3. The maximum Gasteiger partial charge on any atom is 0.408 e. The quantitative estimate of drug-likeness (QED) is 0.368. The molecule has 1 fully saturated rings. The third kappa shape index (κ3) is 6.81. The van der Waals surface area contributed by atoms with Crippen molar-refractivity contribution < 1.29 is 23.9 Å². The van der Waals surface area contributed by atoms with Gasteiger partial charge in [0.1, 0.15) is 12.6 Å². The van der Waals surface area contributed by atoms with Crippen molar-refractivity contribution in [2.45, 2.75) is 51.1 Å². The van der Waals surface area contributed by atoms with Crippen LogP contribution in [0.25, 0.3) is 0 Å². The minimum absolute atomic E-state index is 0.0880. The molecule has 0 unspecified atom stereocenters. The van der Waals surface area contributed by atoms with Crippen LogP contribution in [0.3, 0.4) is 0 Å². The molecule has 3 rings (SSSR count). The van der Waals surface area contributed by atoms with Gasteiger partial charge >= 0.3 is 6.09 Å². The van der Waals surface area contributed by atoms with Gasteiger partial charge in [-0.05, 0) is 17.5 Å². The van der Waals surface area contributed by atoms with E-state index in [-0.39, 0.29) is 18.9 Å². The Morgan fingerprint density at radius 2 is 1.69 bits per heavy atom. The highest BCUT2D eigenvalue weighted by Crippen LogP contribution is 2.11. The van der Waals surface area contributed by atoms with Gasteiger partial charge in [0.05, 0.1) is 0 Å². The van der Waals surface area contributed by atoms with Crippen molar-refractivity contribution in [2.24, 2.45) is 0 Å². The zero-order chi connectivity index (χ0) is 22.8. The van der Waals surface area contributed by atoms with Crippen molar-refractivity contribution in [3.63, 3.8) is 0 Å². The Labute approximate surface area is 187 Å². The van der Waals surface area contributed by atoms with Crippen LogP contribution in [0.5, 0.6) is 0 Å². The van der Waals surface area contributed by atoms with E-state index >= 15 is 0 Å². The number of rotatable bonds is 11. The molecule has 2 aromatic rings. The summed E-state index contributed by atoms with van der Waals surface area (Å²) < 4.78 is 10.9. The molecular formula is C24H29N3O5. The molecule has 3 atom stereocenters. The number of β-lactam (4-membered cyclic amide) rings is 1. The number of unbranched alkanes of at least 4 members (excludes halogenated alkanes) is 1. The summed E-state index contributed by atoms with van der Waals surface area (Å²) in [7, 11) is 0. The molecule has 1 saturated heterocycles. The first kappa shape index (κ1) is 23.3. The Morgan fingerprint density at radius 3 is 2.31 bits per heavy atom. The van der Waals surface area contributed by atoms with Crippen LogP contribution in [0.1, 0.15) is 30.9 Å². The van der Waals surface area contributed by atoms with E-state index in [0.29, 0.717) is 6.61 Å². The number of benzene rings is 2. The summed E-state index contributed by atoms with van der Waals surface area (Å²) >= 11 is 0. The topological polar surface area (TPSA) is 106 Å². The van der Waals surface area contributed by atoms with E-state index < -0.39 is 30.3 Å². The minimum atomic E-state index is -0.912. The van der Waals surface area contributed by atoms with E-state index in [1.165, 1.54) is 0 Å². The Kier molecular flexibility index (Phi) is 8.62. The molecule has 3 amide bonds. The van der Waals surface area contributed by atoms with Crippen LogP contribution in [0.15, 0.2) is 60.7 Å². The Hall–Kier alpha value is -3.39. The number of hydrogen-bond donors (Lipinski definition) is 3. The highest BCUT2D eigenvalue weighted by atomic mass is 16.5. The van der Waals surface area contributed by atoms with Crippen LogP contribution in [-0.2, 0) is 32.1 Å². The molecule has 3 N–H and O–H groups in total. The summed E-state index contributed by atoms with van der Waals surface area (Å²) in [4.78, 5) is 37.3. The predicted octanol–water partition coefficient (Wildman–Crippen LogP) is 2.28. The first-order valence-corrected chi connectivity index (χ1v) is 10.8. The lowest BCUT2D eigenvalue weighted by Gasteiger charge is -2.37. The Bertz CT molecular complexity index is 891. The molecule has 0 spiro atoms. The fourth-order valence-corrected chi connectivity index (χ4v) is 3.21. The number of hydrogen-bond acceptors (Lipinski definition) is 5. The molecule has 0 aliphatic carbocycles. The summed E-state index contributed by atoms with van der Waals surface area (Å²) in [5, 5.41) is 7.96. The van der Waals surface area contributed by atoms with E-state index in [1.54, 1.807) is 0 Å². The van der Waals surface area contributed by atoms with E-state index in [4.69, 9.17) is 9.47 Å². The van der Waals surface area contributed by atoms with Crippen LogP contribution >= 0.6 is 0 Å². The monoisotopic (exact) mass is 439 g/mol. The van der Waals surface area contributed by atoms with E-state index in [0.717, 1.165) is 24.0 Å². The second kappa shape index (κ2) is 11.9. The van der Waals surface area contributed by atoms with Crippen LogP contribution in [-0.4, -0.2) is 42.8 Å². The molecule has 8 heteroatoms. The van der Waals surface area contributed by atoms with Gasteiger partial charge in [0.25, 0.3) is 0 Å². The molecule has 1 aliphatic heterocycles. The third-order valence-electron chi connectivity index (χ3n) is 5.07. The minimum Gasteiger partial charge on any atom is -0.445 e. The van der Waals surface area contributed by atoms with Crippen LogP contribution < -0.4 is 16.0 Å². The van der Waals surface area contributed by atoms with Crippen LogP contribution in [0.2, 0.25) is 0 Å². The zero-order valence-electron chi connectivity index (χ0n) is 18.1. The lowest BCUT2D eigenvalue weighted by molar-refractivity contribution is -0.151. The second-order valence-electron chi connectivity index (χ2n) is 7.59. The fraction of sp³-hybridized carbons (Fsp3) is 0.375. The average Bonchev–Trinajstić information content (AvgIpc) is 2.81. The molecular weight excluding hydrogens is 410 g/mol. The first-order valence-electron chi connectivity index (χ1n) is 10.8. The second-order valence-corrected chi connectivity index (χ2v) is 7.59. The van der Waals surface area contributed by atoms with E-state index in [1.807, 2.05) is 67.6 Å². The lowest BCUT2D eigenvalue weighted by Crippen LogP contribution is -2.71. The molecule has 2 aromatic carbocycles. The Morgan fingerprint density at radius 1 is 1.03 bits per heavy atom. The molecule has 0 bridgehead atoms. The van der Waals surface area contributed by atoms with Gasteiger partial charge in [-0.15, -0.1) is 0 Å². The number of amides is 3. The van der Waals surface area contributed by atoms with Crippen LogP contribution in [0, 0.1) is 0 Å². The number of carbonyl (C=O) groups excluding carboxylic acids is 3. The molecule has 8 nitrogen and oxygen atoms in total. The molecule has 0 aromatic heterocycles. The standard InChI is InChI=1S/C24H29N3O5/c1-2-3-14-31-23-20(22(29)27-23)26-21(28)19(15-17-10-6-4-7-11-17)25-24(30)32-16-18-12-8-5-9-13-18/h4-13,19-20,23H,2-3,14-16H2,1H3,(H,25,30)(H,26,28)(H,27,29)/t19-,20+,23-/m0/s1. The summed E-state index contributed by atoms with van der Waals surface area (Å²) in [6, 6.07) is 16.9. The van der Waals surface area contributed by atoms with Gasteiger partial charge < -0.3 is 25.4 Å². The lowest BCUT2D eigenvalue weighted by atomic mass is 10.0. The van der Waals surface area contributed by atoms with Crippen molar-refractivity contribution in [1.29, 1.82) is 0 Å².